The molecule has 3 N–H and O–H groups in total. The molecule has 0 aromatic heterocycles. The van der Waals surface area contributed by atoms with Crippen LogP contribution in [0.2, 0.25) is 0 Å². The monoisotopic (exact) mass is 338 g/mol. The Balaban J connectivity index is 2.11. The Hall–Kier alpha value is -2.28. The Bertz CT molecular complexity index is 513. The van der Waals surface area contributed by atoms with Gasteiger partial charge in [-0.25, -0.2) is 9.59 Å². The number of rotatable bonds is 7. The number of hydrogen-bond acceptors (Lipinski definition) is 5. The molecule has 0 saturated carbocycles. The van der Waals surface area contributed by atoms with Gasteiger partial charge in [-0.3, -0.25) is 0 Å². The van der Waals surface area contributed by atoms with Gasteiger partial charge in [0.2, 0.25) is 0 Å². The van der Waals surface area contributed by atoms with Crippen LogP contribution < -0.4 is 10.6 Å². The molecule has 134 valence electrons. The number of aliphatic hydroxyl groups is 1. The Morgan fingerprint density at radius 2 is 1.79 bits per heavy atom. The molecule has 0 unspecified atom stereocenters. The number of benzene rings is 1. The third-order valence-corrected chi connectivity index (χ3v) is 2.84. The summed E-state index contributed by atoms with van der Waals surface area (Å²) in [6.45, 7) is 5.77. The van der Waals surface area contributed by atoms with Gasteiger partial charge in [-0.15, -0.1) is 0 Å². The number of carbonyl (C=O) groups is 2. The second kappa shape index (κ2) is 9.77. The number of ether oxygens (including phenoxy) is 2. The second-order valence-corrected chi connectivity index (χ2v) is 6.31. The van der Waals surface area contributed by atoms with E-state index in [1.165, 1.54) is 0 Å². The normalized spacial score (nSPS) is 12.2. The molecule has 1 atom stereocenters. The highest BCUT2D eigenvalue weighted by Crippen LogP contribution is 2.06. The van der Waals surface area contributed by atoms with E-state index < -0.39 is 23.9 Å². The van der Waals surface area contributed by atoms with Gasteiger partial charge in [-0.2, -0.15) is 0 Å². The minimum atomic E-state index is -0.788. The van der Waals surface area contributed by atoms with Crippen LogP contribution in [0.4, 0.5) is 9.59 Å². The lowest BCUT2D eigenvalue weighted by atomic mass is 10.2. The van der Waals surface area contributed by atoms with E-state index in [4.69, 9.17) is 9.47 Å². The maximum Gasteiger partial charge on any atom is 0.407 e. The predicted molar refractivity (Wildman–Crippen MR) is 89.5 cm³/mol. The zero-order chi connectivity index (χ0) is 18.0. The van der Waals surface area contributed by atoms with Crippen molar-refractivity contribution in [2.24, 2.45) is 0 Å². The maximum absolute atomic E-state index is 11.5. The first-order valence-corrected chi connectivity index (χ1v) is 7.86. The Labute approximate surface area is 142 Å². The predicted octanol–water partition coefficient (Wildman–Crippen LogP) is 2.19. The topological polar surface area (TPSA) is 96.9 Å². The van der Waals surface area contributed by atoms with Crippen molar-refractivity contribution in [3.8, 4) is 0 Å². The molecule has 7 nitrogen and oxygen atoms in total. The molecule has 0 heterocycles. The average Bonchev–Trinajstić information content (AvgIpc) is 2.50. The molecule has 0 radical (unpaired) electrons. The van der Waals surface area contributed by atoms with Gasteiger partial charge in [-0.05, 0) is 32.8 Å². The minimum Gasteiger partial charge on any atom is -0.445 e. The van der Waals surface area contributed by atoms with Crippen molar-refractivity contribution in [2.75, 3.05) is 13.1 Å². The first kappa shape index (κ1) is 19.8. The molecule has 24 heavy (non-hydrogen) atoms. The first-order chi connectivity index (χ1) is 11.3. The Kier molecular flexibility index (Phi) is 8.05. The van der Waals surface area contributed by atoms with Crippen LogP contribution >= 0.6 is 0 Å². The van der Waals surface area contributed by atoms with Crippen LogP contribution in [-0.2, 0) is 16.1 Å². The molecular weight excluding hydrogens is 312 g/mol. The van der Waals surface area contributed by atoms with Gasteiger partial charge in [0.25, 0.3) is 0 Å². The Morgan fingerprint density at radius 1 is 1.12 bits per heavy atom. The fourth-order valence-electron chi connectivity index (χ4n) is 1.73. The average molecular weight is 338 g/mol. The maximum atomic E-state index is 11.5. The SMILES string of the molecule is CC(C)(C)OC(=O)NCC[C@@H](O)CNC(=O)OCc1ccccc1. The van der Waals surface area contributed by atoms with Crippen molar-refractivity contribution >= 4 is 12.2 Å². The summed E-state index contributed by atoms with van der Waals surface area (Å²) in [4.78, 5) is 22.9. The van der Waals surface area contributed by atoms with E-state index in [0.29, 0.717) is 0 Å². The zero-order valence-corrected chi connectivity index (χ0v) is 14.4. The van der Waals surface area contributed by atoms with Gasteiger partial charge >= 0.3 is 12.2 Å². The van der Waals surface area contributed by atoms with Gasteiger partial charge in [-0.1, -0.05) is 30.3 Å². The lowest BCUT2D eigenvalue weighted by Crippen LogP contribution is -2.37. The number of carbonyl (C=O) groups excluding carboxylic acids is 2. The standard InChI is InChI=1S/C17H26N2O5/c1-17(2,3)24-16(22)18-10-9-14(20)11-19-15(21)23-12-13-7-5-4-6-8-13/h4-8,14,20H,9-12H2,1-3H3,(H,18,22)(H,19,21)/t14-/m1/s1. The van der Waals surface area contributed by atoms with Gasteiger partial charge < -0.3 is 25.2 Å². The second-order valence-electron chi connectivity index (χ2n) is 6.31. The van der Waals surface area contributed by atoms with Crippen molar-refractivity contribution in [2.45, 2.75) is 45.5 Å². The number of hydrogen-bond donors (Lipinski definition) is 3. The van der Waals surface area contributed by atoms with Crippen molar-refractivity contribution in [3.05, 3.63) is 35.9 Å². The molecule has 1 rings (SSSR count). The molecule has 0 spiro atoms. The van der Waals surface area contributed by atoms with E-state index in [-0.39, 0.29) is 26.1 Å². The number of nitrogens with one attached hydrogen (secondary N) is 2. The van der Waals surface area contributed by atoms with E-state index in [9.17, 15) is 14.7 Å². The molecule has 0 aliphatic rings. The molecule has 0 saturated heterocycles. The Morgan fingerprint density at radius 3 is 2.42 bits per heavy atom. The third kappa shape index (κ3) is 9.68. The van der Waals surface area contributed by atoms with Crippen molar-refractivity contribution in [1.82, 2.24) is 10.6 Å². The highest BCUT2D eigenvalue weighted by molar-refractivity contribution is 5.67. The summed E-state index contributed by atoms with van der Waals surface area (Å²) in [5, 5.41) is 14.8. The summed E-state index contributed by atoms with van der Waals surface area (Å²) < 4.78 is 10.1. The third-order valence-electron chi connectivity index (χ3n) is 2.84. The van der Waals surface area contributed by atoms with E-state index in [2.05, 4.69) is 10.6 Å². The van der Waals surface area contributed by atoms with Crippen LogP contribution in [-0.4, -0.2) is 42.1 Å². The summed E-state index contributed by atoms with van der Waals surface area (Å²) in [6.07, 6.45) is -1.63. The fourth-order valence-corrected chi connectivity index (χ4v) is 1.73. The number of aliphatic hydroxyl groups excluding tert-OH is 1. The molecule has 0 aliphatic carbocycles. The molecule has 1 aromatic carbocycles. The zero-order valence-electron chi connectivity index (χ0n) is 14.4. The number of amides is 2. The number of alkyl carbamates (subject to hydrolysis) is 2. The first-order valence-electron chi connectivity index (χ1n) is 7.86. The highest BCUT2D eigenvalue weighted by atomic mass is 16.6. The van der Waals surface area contributed by atoms with Crippen LogP contribution in [0.25, 0.3) is 0 Å². The summed E-state index contributed by atoms with van der Waals surface area (Å²) >= 11 is 0. The molecule has 7 heteroatoms. The van der Waals surface area contributed by atoms with Gasteiger partial charge in [0.05, 0.1) is 6.10 Å². The van der Waals surface area contributed by atoms with Gasteiger partial charge in [0.15, 0.2) is 0 Å². The van der Waals surface area contributed by atoms with E-state index in [1.807, 2.05) is 30.3 Å². The summed E-state index contributed by atoms with van der Waals surface area (Å²) in [5.74, 6) is 0. The molecule has 0 fully saturated rings. The van der Waals surface area contributed by atoms with Crippen LogP contribution in [0, 0.1) is 0 Å². The smallest absolute Gasteiger partial charge is 0.407 e. The molecule has 1 aromatic rings. The van der Waals surface area contributed by atoms with Crippen LogP contribution in [0.15, 0.2) is 30.3 Å². The minimum absolute atomic E-state index is 0.0453. The molecule has 0 bridgehead atoms. The van der Waals surface area contributed by atoms with E-state index in [0.717, 1.165) is 5.56 Å². The fraction of sp³-hybridized carbons (Fsp3) is 0.529. The van der Waals surface area contributed by atoms with Crippen LogP contribution in [0.3, 0.4) is 0 Å². The van der Waals surface area contributed by atoms with E-state index in [1.54, 1.807) is 20.8 Å². The summed E-state index contributed by atoms with van der Waals surface area (Å²) in [5.41, 5.74) is 0.321. The van der Waals surface area contributed by atoms with Crippen LogP contribution in [0.1, 0.15) is 32.8 Å². The van der Waals surface area contributed by atoms with Crippen molar-refractivity contribution in [1.29, 1.82) is 0 Å². The molecule has 2 amide bonds. The summed E-state index contributed by atoms with van der Waals surface area (Å²) in [6, 6.07) is 9.30. The van der Waals surface area contributed by atoms with Gasteiger partial charge in [0.1, 0.15) is 12.2 Å². The molecular formula is C17H26N2O5. The summed E-state index contributed by atoms with van der Waals surface area (Å²) in [7, 11) is 0. The van der Waals surface area contributed by atoms with Crippen molar-refractivity contribution < 1.29 is 24.2 Å². The van der Waals surface area contributed by atoms with Crippen molar-refractivity contribution in [3.63, 3.8) is 0 Å². The quantitative estimate of drug-likeness (QED) is 0.708. The lowest BCUT2D eigenvalue weighted by Gasteiger charge is -2.20. The highest BCUT2D eigenvalue weighted by Gasteiger charge is 2.16. The lowest BCUT2D eigenvalue weighted by molar-refractivity contribution is 0.0517. The van der Waals surface area contributed by atoms with E-state index >= 15 is 0 Å². The van der Waals surface area contributed by atoms with Gasteiger partial charge in [0, 0.05) is 13.1 Å². The molecule has 0 aliphatic heterocycles. The largest absolute Gasteiger partial charge is 0.445 e. The van der Waals surface area contributed by atoms with Crippen LogP contribution in [0.5, 0.6) is 0 Å².